The number of nitrogens with zero attached hydrogens (tertiary/aromatic N) is 2. The van der Waals surface area contributed by atoms with Crippen LogP contribution in [0, 0.1) is 17.8 Å². The number of carboxylic acid groups (broad SMARTS) is 1. The fourth-order valence-corrected chi connectivity index (χ4v) is 9.34. The molecule has 2 aromatic rings. The second-order valence-electron chi connectivity index (χ2n) is 15.6. The Morgan fingerprint density at radius 1 is 1.13 bits per heavy atom. The van der Waals surface area contributed by atoms with E-state index in [1.807, 2.05) is 50.3 Å². The summed E-state index contributed by atoms with van der Waals surface area (Å²) in [5.41, 5.74) is -0.548. The number of carbonyl (C=O) groups is 4. The predicted molar refractivity (Wildman–Crippen MR) is 190 cm³/mol. The Labute approximate surface area is 303 Å². The van der Waals surface area contributed by atoms with Crippen molar-refractivity contribution in [3.05, 3.63) is 42.0 Å². The number of allylic oxidation sites excluding steroid dienone is 1. The third-order valence-electron chi connectivity index (χ3n) is 11.6. The van der Waals surface area contributed by atoms with Crippen LogP contribution in [0.3, 0.4) is 0 Å². The first kappa shape index (κ1) is 36.0. The van der Waals surface area contributed by atoms with Crippen molar-refractivity contribution < 1.29 is 42.2 Å². The molecule has 14 nitrogen and oxygen atoms in total. The Morgan fingerprint density at radius 3 is 2.62 bits per heavy atom. The van der Waals surface area contributed by atoms with Gasteiger partial charge in [-0.25, -0.2) is 13.2 Å². The normalized spacial score (nSPS) is 32.0. The summed E-state index contributed by atoms with van der Waals surface area (Å²) in [5, 5.41) is 16.8. The van der Waals surface area contributed by atoms with Crippen LogP contribution in [-0.4, -0.2) is 88.8 Å². The number of ether oxygens (including phenoxy) is 2. The molecule has 52 heavy (non-hydrogen) atoms. The molecule has 15 heteroatoms. The van der Waals surface area contributed by atoms with E-state index in [1.54, 1.807) is 6.92 Å². The maximum Gasteiger partial charge on any atom is 0.405 e. The number of carbonyl (C=O) groups excluding carboxylic acids is 3. The molecule has 1 saturated heterocycles. The molecule has 7 atom stereocenters. The van der Waals surface area contributed by atoms with Crippen molar-refractivity contribution >= 4 is 44.6 Å². The summed E-state index contributed by atoms with van der Waals surface area (Å²) < 4.78 is 39.9. The van der Waals surface area contributed by atoms with E-state index in [0.717, 1.165) is 35.6 Å². The summed E-state index contributed by atoms with van der Waals surface area (Å²) in [6, 6.07) is 5.37. The first-order valence-corrected chi connectivity index (χ1v) is 19.8. The van der Waals surface area contributed by atoms with Gasteiger partial charge >= 0.3 is 6.09 Å². The molecule has 2 aliphatic carbocycles. The van der Waals surface area contributed by atoms with E-state index in [2.05, 4.69) is 15.4 Å². The lowest BCUT2D eigenvalue weighted by molar-refractivity contribution is -0.142. The van der Waals surface area contributed by atoms with Crippen LogP contribution in [0.4, 0.5) is 4.79 Å². The molecule has 0 bridgehead atoms. The second kappa shape index (κ2) is 13.5. The minimum absolute atomic E-state index is 0.0185. The summed E-state index contributed by atoms with van der Waals surface area (Å²) in [5.74, 6) is -2.01. The van der Waals surface area contributed by atoms with Crippen LogP contribution in [-0.2, 0) is 30.8 Å². The van der Waals surface area contributed by atoms with Crippen LogP contribution in [0.15, 0.2) is 36.4 Å². The van der Waals surface area contributed by atoms with Gasteiger partial charge in [-0.3, -0.25) is 19.1 Å². The zero-order valence-corrected chi connectivity index (χ0v) is 30.5. The molecule has 1 aromatic heterocycles. The largest absolute Gasteiger partial charge is 0.477 e. The van der Waals surface area contributed by atoms with Gasteiger partial charge in [0.15, 0.2) is 0 Å². The van der Waals surface area contributed by atoms with E-state index in [1.165, 1.54) is 4.90 Å². The molecule has 0 spiro atoms. The fraction of sp³-hybridized carbons (Fsp3) is 0.595. The number of sulfonamides is 1. The Hall–Kier alpha value is -4.40. The van der Waals surface area contributed by atoms with Crippen LogP contribution in [0.1, 0.15) is 77.7 Å². The summed E-state index contributed by atoms with van der Waals surface area (Å²) in [4.78, 5) is 60.7. The summed E-state index contributed by atoms with van der Waals surface area (Å²) in [7, 11) is -4.00. The zero-order valence-electron chi connectivity index (χ0n) is 29.7. The average molecular weight is 738 g/mol. The number of hydrogen-bond acceptors (Lipinski definition) is 9. The van der Waals surface area contributed by atoms with Crippen molar-refractivity contribution in [3.8, 4) is 11.8 Å². The van der Waals surface area contributed by atoms with Crippen LogP contribution in [0.25, 0.3) is 10.8 Å². The molecule has 4 amide bonds. The molecule has 2 saturated carbocycles. The lowest BCUT2D eigenvalue weighted by atomic mass is 9.88. The highest BCUT2D eigenvalue weighted by molar-refractivity contribution is 7.91. The Kier molecular flexibility index (Phi) is 9.37. The van der Waals surface area contributed by atoms with Crippen LogP contribution >= 0.6 is 0 Å². The van der Waals surface area contributed by atoms with Crippen LogP contribution in [0.2, 0.25) is 0 Å². The smallest absolute Gasteiger partial charge is 0.405 e. The van der Waals surface area contributed by atoms with Crippen LogP contribution < -0.4 is 24.8 Å². The lowest BCUT2D eigenvalue weighted by Gasteiger charge is -2.32. The number of aromatic nitrogens is 1. The molecule has 4 N–H and O–H groups in total. The van der Waals surface area contributed by atoms with Crippen molar-refractivity contribution in [2.75, 3.05) is 13.2 Å². The number of amides is 4. The number of nitrogens with one attached hydrogen (secondary N) is 3. The molecule has 3 aliphatic heterocycles. The minimum Gasteiger partial charge on any atom is -0.477 e. The summed E-state index contributed by atoms with van der Waals surface area (Å²) in [6.45, 7) is 5.90. The number of rotatable bonds is 6. The predicted octanol–water partition coefficient (Wildman–Crippen LogP) is 3.43. The van der Waals surface area contributed by atoms with Gasteiger partial charge in [0, 0.05) is 23.3 Å². The SMILES string of the molecule is C[C@H]1CC/C=C\C2CC2(C(=O)NS(=O)(=O)C2(C)CC2)NC(=O)[C@@H]2C[C@@H](Oc3nc4c(c5ccccc35)CCCO4)CN2C(=O)[C@@H](NC(=O)O)[C@H](C)C1. The van der Waals surface area contributed by atoms with Crippen LogP contribution in [0.5, 0.6) is 11.8 Å². The molecular formula is C37H47N5O9S. The van der Waals surface area contributed by atoms with E-state index in [9.17, 15) is 32.7 Å². The zero-order chi connectivity index (χ0) is 37.0. The molecular weight excluding hydrogens is 691 g/mol. The number of aryl methyl sites for hydroxylation is 1. The molecule has 2 unspecified atom stereocenters. The van der Waals surface area contributed by atoms with E-state index in [4.69, 9.17) is 14.5 Å². The van der Waals surface area contributed by atoms with Gasteiger partial charge in [-0.15, -0.1) is 0 Å². The van der Waals surface area contributed by atoms with E-state index in [-0.39, 0.29) is 25.3 Å². The van der Waals surface area contributed by atoms with Gasteiger partial charge in [-0.1, -0.05) is 44.2 Å². The Bertz CT molecular complexity index is 1930. The van der Waals surface area contributed by atoms with E-state index >= 15 is 0 Å². The lowest BCUT2D eigenvalue weighted by Crippen LogP contribution is -2.59. The maximum absolute atomic E-state index is 14.4. The topological polar surface area (TPSA) is 193 Å². The molecule has 1 aromatic carbocycles. The van der Waals surface area contributed by atoms with Crippen molar-refractivity contribution in [2.24, 2.45) is 17.8 Å². The van der Waals surface area contributed by atoms with Gasteiger partial charge in [0.25, 0.3) is 5.91 Å². The molecule has 3 fully saturated rings. The van der Waals surface area contributed by atoms with Crippen molar-refractivity contribution in [1.82, 2.24) is 25.2 Å². The maximum atomic E-state index is 14.4. The Balaban J connectivity index is 1.23. The Morgan fingerprint density at radius 2 is 1.88 bits per heavy atom. The molecule has 5 aliphatic rings. The van der Waals surface area contributed by atoms with Gasteiger partial charge in [0.05, 0.1) is 17.9 Å². The minimum atomic E-state index is -4.00. The quantitative estimate of drug-likeness (QED) is 0.319. The second-order valence-corrected chi connectivity index (χ2v) is 17.8. The van der Waals surface area contributed by atoms with E-state index in [0.29, 0.717) is 44.1 Å². The third kappa shape index (κ3) is 6.79. The van der Waals surface area contributed by atoms with E-state index < -0.39 is 74.1 Å². The molecule has 7 rings (SSSR count). The molecule has 4 heterocycles. The monoisotopic (exact) mass is 737 g/mol. The highest BCUT2D eigenvalue weighted by Crippen LogP contribution is 2.48. The molecule has 0 radical (unpaired) electrons. The number of pyridine rings is 1. The highest BCUT2D eigenvalue weighted by atomic mass is 32.2. The van der Waals surface area contributed by atoms with Crippen molar-refractivity contribution in [2.45, 2.75) is 107 Å². The highest BCUT2D eigenvalue weighted by Gasteiger charge is 2.63. The number of benzene rings is 1. The van der Waals surface area contributed by atoms with Gasteiger partial charge in [0.2, 0.25) is 33.6 Å². The average Bonchev–Trinajstić information content (AvgIpc) is 3.98. The summed E-state index contributed by atoms with van der Waals surface area (Å²) in [6.07, 6.45) is 6.38. The first-order chi connectivity index (χ1) is 24.7. The third-order valence-corrected chi connectivity index (χ3v) is 13.7. The van der Waals surface area contributed by atoms with Gasteiger partial charge in [0.1, 0.15) is 23.7 Å². The van der Waals surface area contributed by atoms with Crippen molar-refractivity contribution in [1.29, 1.82) is 0 Å². The standard InChI is InChI=1S/C37H47N5O9S/c1-21-9-4-5-10-23-19-37(23,34(45)41-52(48,49)36(3)14-15-36)40-30(43)28-18-24(20-42(28)33(44)29(22(2)17-21)38-35(46)47)51-32-27-12-7-6-11-25(27)26-13-8-16-50-31(26)39-32/h5-7,10-12,21-24,28-29,38H,4,8-9,13-20H2,1-3H3,(H,40,43)(H,41,45)(H,46,47)/b10-5-/t21-,22+,23?,24+,28-,29-,37?/m0/s1. The van der Waals surface area contributed by atoms with Gasteiger partial charge in [-0.2, -0.15) is 4.98 Å². The first-order valence-electron chi connectivity index (χ1n) is 18.3. The fourth-order valence-electron chi connectivity index (χ4n) is 8.02. The van der Waals surface area contributed by atoms with Crippen molar-refractivity contribution in [3.63, 3.8) is 0 Å². The number of fused-ring (bicyclic) bond motifs is 5. The molecule has 280 valence electrons. The van der Waals surface area contributed by atoms with Gasteiger partial charge in [-0.05, 0) is 81.6 Å². The summed E-state index contributed by atoms with van der Waals surface area (Å²) >= 11 is 0. The number of hydrogen-bond donors (Lipinski definition) is 4. The van der Waals surface area contributed by atoms with Gasteiger partial charge < -0.3 is 30.1 Å².